The van der Waals surface area contributed by atoms with Gasteiger partial charge < -0.3 is 11.1 Å². The Balaban J connectivity index is 2.08. The second-order valence-electron chi connectivity index (χ2n) is 3.30. The fourth-order valence-corrected chi connectivity index (χ4v) is 3.03. The molecule has 1 aromatic heterocycles. The lowest BCUT2D eigenvalue weighted by Gasteiger charge is -2.13. The predicted molar refractivity (Wildman–Crippen MR) is 65.7 cm³/mol. The number of hydrogen-bond donors (Lipinski definition) is 2. The van der Waals surface area contributed by atoms with E-state index < -0.39 is 0 Å². The molecule has 1 aromatic rings. The monoisotopic (exact) mass is 273 g/mol. The molecule has 1 aliphatic heterocycles. The van der Waals surface area contributed by atoms with E-state index in [-0.39, 0.29) is 0 Å². The van der Waals surface area contributed by atoms with E-state index in [1.165, 1.54) is 17.9 Å². The molecule has 2 heterocycles. The Labute approximate surface area is 96.0 Å². The molecule has 1 saturated heterocycles. The minimum Gasteiger partial charge on any atom is -0.397 e. The van der Waals surface area contributed by atoms with E-state index in [9.17, 15) is 0 Å². The van der Waals surface area contributed by atoms with E-state index in [1.54, 1.807) is 6.20 Å². The zero-order valence-corrected chi connectivity index (χ0v) is 10.1. The van der Waals surface area contributed by atoms with Crippen LogP contribution in [0.4, 0.5) is 11.5 Å². The quantitative estimate of drug-likeness (QED) is 0.869. The van der Waals surface area contributed by atoms with Crippen LogP contribution >= 0.6 is 27.7 Å². The summed E-state index contributed by atoms with van der Waals surface area (Å²) in [6.07, 6.45) is 2.89. The van der Waals surface area contributed by atoms with Gasteiger partial charge in [-0.25, -0.2) is 4.98 Å². The van der Waals surface area contributed by atoms with Crippen molar-refractivity contribution in [2.24, 2.45) is 0 Å². The molecule has 1 fully saturated rings. The predicted octanol–water partition coefficient (Wildman–Crippen LogP) is 2.34. The number of aromatic nitrogens is 1. The fraction of sp³-hybridized carbons (Fsp3) is 0.444. The number of nitrogens with two attached hydrogens (primary N) is 1. The molecule has 14 heavy (non-hydrogen) atoms. The highest BCUT2D eigenvalue weighted by molar-refractivity contribution is 9.10. The van der Waals surface area contributed by atoms with Crippen LogP contribution in [-0.2, 0) is 0 Å². The van der Waals surface area contributed by atoms with Crippen molar-refractivity contribution in [2.45, 2.75) is 12.5 Å². The topological polar surface area (TPSA) is 50.9 Å². The molecule has 76 valence electrons. The van der Waals surface area contributed by atoms with Crippen LogP contribution in [0.3, 0.4) is 0 Å². The molecular formula is C9H12BrN3S. The Morgan fingerprint density at radius 2 is 2.50 bits per heavy atom. The van der Waals surface area contributed by atoms with E-state index in [0.29, 0.717) is 11.7 Å². The standard InChI is InChI=1S/C9H12BrN3S/c10-8-3-6(11)4-12-9(8)13-7-1-2-14-5-7/h3-4,7H,1-2,5,11H2,(H,12,13). The van der Waals surface area contributed by atoms with Crippen LogP contribution in [0.25, 0.3) is 0 Å². The lowest BCUT2D eigenvalue weighted by molar-refractivity contribution is 0.806. The second kappa shape index (κ2) is 4.40. The average molecular weight is 274 g/mol. The Kier molecular flexibility index (Phi) is 3.18. The Hall–Kier alpha value is -0.420. The molecule has 0 bridgehead atoms. The van der Waals surface area contributed by atoms with E-state index in [2.05, 4.69) is 26.2 Å². The molecule has 0 aromatic carbocycles. The third kappa shape index (κ3) is 2.33. The highest BCUT2D eigenvalue weighted by Crippen LogP contribution is 2.26. The van der Waals surface area contributed by atoms with Crippen molar-refractivity contribution in [1.82, 2.24) is 4.98 Å². The van der Waals surface area contributed by atoms with Gasteiger partial charge in [-0.2, -0.15) is 11.8 Å². The highest BCUT2D eigenvalue weighted by atomic mass is 79.9. The normalized spacial score (nSPS) is 21.1. The zero-order chi connectivity index (χ0) is 9.97. The van der Waals surface area contributed by atoms with Crippen LogP contribution in [0.2, 0.25) is 0 Å². The first-order valence-corrected chi connectivity index (χ1v) is 6.46. The largest absolute Gasteiger partial charge is 0.397 e. The number of rotatable bonds is 2. The maximum Gasteiger partial charge on any atom is 0.140 e. The van der Waals surface area contributed by atoms with Crippen LogP contribution in [0, 0.1) is 0 Å². The van der Waals surface area contributed by atoms with Crippen molar-refractivity contribution in [1.29, 1.82) is 0 Å². The van der Waals surface area contributed by atoms with Crippen molar-refractivity contribution in [2.75, 3.05) is 22.6 Å². The molecule has 2 rings (SSSR count). The van der Waals surface area contributed by atoms with E-state index in [0.717, 1.165) is 10.3 Å². The molecule has 1 atom stereocenters. The summed E-state index contributed by atoms with van der Waals surface area (Å²) < 4.78 is 0.939. The Morgan fingerprint density at radius 3 is 3.14 bits per heavy atom. The summed E-state index contributed by atoms with van der Waals surface area (Å²) >= 11 is 5.42. The average Bonchev–Trinajstić information content (AvgIpc) is 2.62. The lowest BCUT2D eigenvalue weighted by atomic mass is 10.2. The summed E-state index contributed by atoms with van der Waals surface area (Å²) in [6, 6.07) is 2.42. The van der Waals surface area contributed by atoms with Crippen molar-refractivity contribution in [3.05, 3.63) is 16.7 Å². The van der Waals surface area contributed by atoms with Gasteiger partial charge in [0.25, 0.3) is 0 Å². The van der Waals surface area contributed by atoms with Gasteiger partial charge in [0.05, 0.1) is 16.4 Å². The van der Waals surface area contributed by atoms with Gasteiger partial charge >= 0.3 is 0 Å². The molecule has 3 nitrogen and oxygen atoms in total. The van der Waals surface area contributed by atoms with Crippen molar-refractivity contribution < 1.29 is 0 Å². The lowest BCUT2D eigenvalue weighted by Crippen LogP contribution is -2.19. The molecule has 0 spiro atoms. The van der Waals surface area contributed by atoms with Gasteiger partial charge in [-0.1, -0.05) is 0 Å². The number of hydrogen-bond acceptors (Lipinski definition) is 4. The van der Waals surface area contributed by atoms with Gasteiger partial charge in [0.2, 0.25) is 0 Å². The summed E-state index contributed by atoms with van der Waals surface area (Å²) in [5.74, 6) is 3.30. The number of pyridine rings is 1. The van der Waals surface area contributed by atoms with Gasteiger partial charge in [0, 0.05) is 11.8 Å². The van der Waals surface area contributed by atoms with Crippen molar-refractivity contribution >= 4 is 39.2 Å². The summed E-state index contributed by atoms with van der Waals surface area (Å²) in [6.45, 7) is 0. The maximum atomic E-state index is 5.61. The highest BCUT2D eigenvalue weighted by Gasteiger charge is 2.16. The van der Waals surface area contributed by atoms with Crippen molar-refractivity contribution in [3.63, 3.8) is 0 Å². The SMILES string of the molecule is Nc1cnc(NC2CCSC2)c(Br)c1. The third-order valence-corrected chi connectivity index (χ3v) is 3.90. The van der Waals surface area contributed by atoms with Gasteiger partial charge in [0.1, 0.15) is 5.82 Å². The van der Waals surface area contributed by atoms with Crippen LogP contribution < -0.4 is 11.1 Å². The number of anilines is 2. The summed E-state index contributed by atoms with van der Waals surface area (Å²) in [4.78, 5) is 4.25. The second-order valence-corrected chi connectivity index (χ2v) is 5.31. The van der Waals surface area contributed by atoms with Gasteiger partial charge in [-0.3, -0.25) is 0 Å². The molecule has 0 saturated carbocycles. The first kappa shape index (κ1) is 10.1. The van der Waals surface area contributed by atoms with Gasteiger partial charge in [0.15, 0.2) is 0 Å². The number of nitrogen functional groups attached to an aromatic ring is 1. The molecule has 3 N–H and O–H groups in total. The summed E-state index contributed by atoms with van der Waals surface area (Å²) in [7, 11) is 0. The smallest absolute Gasteiger partial charge is 0.140 e. The maximum absolute atomic E-state index is 5.61. The molecular weight excluding hydrogens is 262 g/mol. The number of nitrogens with one attached hydrogen (secondary N) is 1. The first-order valence-electron chi connectivity index (χ1n) is 4.51. The molecule has 0 radical (unpaired) electrons. The van der Waals surface area contributed by atoms with Crippen LogP contribution in [0.15, 0.2) is 16.7 Å². The van der Waals surface area contributed by atoms with E-state index in [1.807, 2.05) is 17.8 Å². The summed E-state index contributed by atoms with van der Waals surface area (Å²) in [5.41, 5.74) is 6.29. The number of nitrogens with zero attached hydrogens (tertiary/aromatic N) is 1. The number of halogens is 1. The van der Waals surface area contributed by atoms with E-state index >= 15 is 0 Å². The van der Waals surface area contributed by atoms with Crippen LogP contribution in [0.1, 0.15) is 6.42 Å². The van der Waals surface area contributed by atoms with Gasteiger partial charge in [-0.15, -0.1) is 0 Å². The summed E-state index contributed by atoms with van der Waals surface area (Å²) in [5, 5.41) is 3.40. The molecule has 1 aliphatic rings. The van der Waals surface area contributed by atoms with Gasteiger partial charge in [-0.05, 0) is 34.2 Å². The molecule has 5 heteroatoms. The first-order chi connectivity index (χ1) is 6.75. The van der Waals surface area contributed by atoms with Crippen molar-refractivity contribution in [3.8, 4) is 0 Å². The van der Waals surface area contributed by atoms with E-state index in [4.69, 9.17) is 5.73 Å². The third-order valence-electron chi connectivity index (χ3n) is 2.13. The number of thioether (sulfide) groups is 1. The fourth-order valence-electron chi connectivity index (χ4n) is 1.40. The molecule has 1 unspecified atom stereocenters. The Morgan fingerprint density at radius 1 is 1.64 bits per heavy atom. The molecule has 0 amide bonds. The zero-order valence-electron chi connectivity index (χ0n) is 7.66. The minimum atomic E-state index is 0.549. The van der Waals surface area contributed by atoms with Crippen LogP contribution in [-0.4, -0.2) is 22.5 Å². The molecule has 0 aliphatic carbocycles. The Bertz CT molecular complexity index is 326. The minimum absolute atomic E-state index is 0.549. The van der Waals surface area contributed by atoms with Crippen LogP contribution in [0.5, 0.6) is 0 Å².